The van der Waals surface area contributed by atoms with E-state index in [2.05, 4.69) is 21.4 Å². The van der Waals surface area contributed by atoms with Crippen molar-refractivity contribution >= 4 is 29.9 Å². The fourth-order valence-electron chi connectivity index (χ4n) is 4.51. The van der Waals surface area contributed by atoms with Crippen molar-refractivity contribution in [2.45, 2.75) is 25.8 Å². The number of hydrogen-bond acceptors (Lipinski definition) is 8. The third kappa shape index (κ3) is 6.47. The van der Waals surface area contributed by atoms with Gasteiger partial charge >= 0.3 is 6.03 Å². The molecule has 3 amide bonds. The maximum Gasteiger partial charge on any atom is 0.328 e. The van der Waals surface area contributed by atoms with Gasteiger partial charge in [0.05, 0.1) is 12.1 Å². The molecule has 11 nitrogen and oxygen atoms in total. The molecule has 2 aromatic rings. The van der Waals surface area contributed by atoms with Gasteiger partial charge in [0.15, 0.2) is 6.29 Å². The molecule has 194 valence electrons. The van der Waals surface area contributed by atoms with E-state index < -0.39 is 6.03 Å². The Morgan fingerprint density at radius 1 is 1.30 bits per heavy atom. The lowest BCUT2D eigenvalue weighted by molar-refractivity contribution is -0.136. The summed E-state index contributed by atoms with van der Waals surface area (Å²) in [5.41, 5.74) is 2.13. The molecule has 4 rings (SSSR count). The molecule has 2 aliphatic rings. The largest absolute Gasteiger partial charge is 0.381 e. The molecule has 1 N–H and O–H groups in total. The van der Waals surface area contributed by atoms with Crippen molar-refractivity contribution in [1.82, 2.24) is 19.8 Å². The number of aldehydes is 1. The second kappa shape index (κ2) is 11.9. The lowest BCUT2D eigenvalue weighted by Gasteiger charge is -2.32. The minimum absolute atomic E-state index is 0.00252. The highest BCUT2D eigenvalue weighted by Gasteiger charge is 2.23. The molecule has 2 aliphatic heterocycles. The van der Waals surface area contributed by atoms with Crippen LogP contribution in [-0.2, 0) is 22.5 Å². The Labute approximate surface area is 216 Å². The Bertz CT molecular complexity index is 1210. The average molecular weight is 506 g/mol. The number of aromatic nitrogens is 2. The van der Waals surface area contributed by atoms with E-state index in [0.29, 0.717) is 55.5 Å². The number of anilines is 2. The van der Waals surface area contributed by atoms with Crippen LogP contribution in [0.25, 0.3) is 0 Å². The van der Waals surface area contributed by atoms with Crippen LogP contribution >= 0.6 is 0 Å². The normalized spacial score (nSPS) is 16.8. The first-order chi connectivity index (χ1) is 17.9. The lowest BCUT2D eigenvalue weighted by Crippen LogP contribution is -2.48. The summed E-state index contributed by atoms with van der Waals surface area (Å²) >= 11 is 0. The molecule has 0 spiro atoms. The summed E-state index contributed by atoms with van der Waals surface area (Å²) < 4.78 is 5.42. The molecule has 2 fully saturated rings. The quantitative estimate of drug-likeness (QED) is 0.566. The topological polar surface area (TPSA) is 132 Å². The number of amides is 3. The predicted molar refractivity (Wildman–Crippen MR) is 136 cm³/mol. The third-order valence-corrected chi connectivity index (χ3v) is 6.82. The first kappa shape index (κ1) is 26.2. The molecule has 2 aromatic heterocycles. The first-order valence-electron chi connectivity index (χ1n) is 12.3. The first-order valence-corrected chi connectivity index (χ1v) is 12.3. The third-order valence-electron chi connectivity index (χ3n) is 6.82. The Morgan fingerprint density at radius 3 is 2.78 bits per heavy atom. The van der Waals surface area contributed by atoms with Crippen LogP contribution in [0.4, 0.5) is 16.4 Å². The van der Waals surface area contributed by atoms with Crippen molar-refractivity contribution in [2.75, 3.05) is 57.2 Å². The van der Waals surface area contributed by atoms with Crippen LogP contribution in [0.15, 0.2) is 24.4 Å². The summed E-state index contributed by atoms with van der Waals surface area (Å²) in [6, 6.07) is 6.79. The van der Waals surface area contributed by atoms with Crippen molar-refractivity contribution < 1.29 is 19.1 Å². The van der Waals surface area contributed by atoms with Crippen molar-refractivity contribution in [2.24, 2.45) is 5.92 Å². The number of urea groups is 1. The SMILES string of the molecule is CN1CCN(Cc2ccc(N(C)C(=O)Nc3cc(CC4CCOCC4)c(C#N)cn3)nc2C=O)C(=O)C1. The van der Waals surface area contributed by atoms with Gasteiger partial charge in [-0.1, -0.05) is 6.07 Å². The fraction of sp³-hybridized carbons (Fsp3) is 0.462. The smallest absolute Gasteiger partial charge is 0.328 e. The van der Waals surface area contributed by atoms with E-state index in [1.54, 1.807) is 30.1 Å². The number of piperazine rings is 1. The number of hydrogen-bond donors (Lipinski definition) is 1. The van der Waals surface area contributed by atoms with Crippen LogP contribution in [0, 0.1) is 17.2 Å². The minimum atomic E-state index is -0.486. The van der Waals surface area contributed by atoms with E-state index >= 15 is 0 Å². The molecule has 0 unspecified atom stereocenters. The van der Waals surface area contributed by atoms with Gasteiger partial charge in [0.25, 0.3) is 0 Å². The number of nitriles is 1. The number of carbonyl (C=O) groups excluding carboxylic acids is 3. The van der Waals surface area contributed by atoms with Gasteiger partial charge in [-0.25, -0.2) is 14.8 Å². The number of pyridine rings is 2. The molecule has 4 heterocycles. The number of ether oxygens (including phenoxy) is 1. The number of carbonyl (C=O) groups is 3. The lowest BCUT2D eigenvalue weighted by atomic mass is 9.91. The molecular weight excluding hydrogens is 474 g/mol. The highest BCUT2D eigenvalue weighted by Crippen LogP contribution is 2.24. The van der Waals surface area contributed by atoms with Crippen molar-refractivity contribution in [1.29, 1.82) is 5.26 Å². The standard InChI is InChI=1S/C26H31N7O4/c1-31-7-8-33(25(35)16-31)15-19-3-4-24(29-22(19)17-34)32(2)26(36)30-23-12-20(21(13-27)14-28-23)11-18-5-9-37-10-6-18/h3-4,12,14,17-18H,5-11,15-16H2,1-2H3,(H,28,30,36). The molecule has 0 radical (unpaired) electrons. The summed E-state index contributed by atoms with van der Waals surface area (Å²) in [5.74, 6) is 1.03. The second-order valence-electron chi connectivity index (χ2n) is 9.47. The monoisotopic (exact) mass is 505 g/mol. The Hall–Kier alpha value is -3.88. The Kier molecular flexibility index (Phi) is 8.43. The van der Waals surface area contributed by atoms with Crippen LogP contribution in [0.1, 0.15) is 40.0 Å². The van der Waals surface area contributed by atoms with Gasteiger partial charge in [-0.2, -0.15) is 5.26 Å². The molecule has 37 heavy (non-hydrogen) atoms. The fourth-order valence-corrected chi connectivity index (χ4v) is 4.51. The zero-order valence-electron chi connectivity index (χ0n) is 21.1. The van der Waals surface area contributed by atoms with Crippen LogP contribution in [0.5, 0.6) is 0 Å². The van der Waals surface area contributed by atoms with E-state index in [1.807, 2.05) is 11.9 Å². The van der Waals surface area contributed by atoms with Crippen molar-refractivity contribution in [3.05, 3.63) is 46.8 Å². The summed E-state index contributed by atoms with van der Waals surface area (Å²) in [5, 5.41) is 12.2. The van der Waals surface area contributed by atoms with Crippen molar-refractivity contribution in [3.63, 3.8) is 0 Å². The predicted octanol–water partition coefficient (Wildman–Crippen LogP) is 2.07. The van der Waals surface area contributed by atoms with E-state index in [-0.39, 0.29) is 24.0 Å². The van der Waals surface area contributed by atoms with Crippen LogP contribution in [0.3, 0.4) is 0 Å². The number of nitrogens with one attached hydrogen (secondary N) is 1. The summed E-state index contributed by atoms with van der Waals surface area (Å²) in [6.45, 7) is 3.39. The summed E-state index contributed by atoms with van der Waals surface area (Å²) in [7, 11) is 3.44. The van der Waals surface area contributed by atoms with Crippen LogP contribution in [0.2, 0.25) is 0 Å². The van der Waals surface area contributed by atoms with Gasteiger partial charge in [0.1, 0.15) is 23.4 Å². The van der Waals surface area contributed by atoms with E-state index in [9.17, 15) is 19.6 Å². The molecule has 0 saturated carbocycles. The van der Waals surface area contributed by atoms with Gasteiger partial charge in [0.2, 0.25) is 5.91 Å². The summed E-state index contributed by atoms with van der Waals surface area (Å²) in [4.78, 5) is 50.5. The molecule has 0 aromatic carbocycles. The zero-order chi connectivity index (χ0) is 26.4. The Morgan fingerprint density at radius 2 is 2.08 bits per heavy atom. The number of likely N-dealkylation sites (N-methyl/N-ethyl adjacent to an activating group) is 1. The Balaban J connectivity index is 1.44. The highest BCUT2D eigenvalue weighted by atomic mass is 16.5. The minimum Gasteiger partial charge on any atom is -0.381 e. The molecule has 2 saturated heterocycles. The van der Waals surface area contributed by atoms with E-state index in [4.69, 9.17) is 4.74 Å². The highest BCUT2D eigenvalue weighted by molar-refractivity contribution is 6.00. The van der Waals surface area contributed by atoms with Gasteiger partial charge in [-0.3, -0.25) is 24.7 Å². The molecule has 0 bridgehead atoms. The van der Waals surface area contributed by atoms with Crippen LogP contribution in [-0.4, -0.2) is 84.9 Å². The number of rotatable bonds is 7. The van der Waals surface area contributed by atoms with Gasteiger partial charge in [-0.15, -0.1) is 0 Å². The van der Waals surface area contributed by atoms with E-state index in [1.165, 1.54) is 11.1 Å². The molecular formula is C26H31N7O4. The summed E-state index contributed by atoms with van der Waals surface area (Å²) in [6.07, 6.45) is 4.69. The van der Waals surface area contributed by atoms with Gasteiger partial charge in [0, 0.05) is 51.7 Å². The molecule has 0 aliphatic carbocycles. The van der Waals surface area contributed by atoms with Crippen LogP contribution < -0.4 is 10.2 Å². The van der Waals surface area contributed by atoms with E-state index in [0.717, 1.165) is 31.4 Å². The number of nitrogens with zero attached hydrogens (tertiary/aromatic N) is 6. The maximum atomic E-state index is 13.0. The van der Waals surface area contributed by atoms with Gasteiger partial charge in [-0.05, 0) is 49.9 Å². The maximum absolute atomic E-state index is 13.0. The molecule has 0 atom stereocenters. The molecule has 11 heteroatoms. The second-order valence-corrected chi connectivity index (χ2v) is 9.47. The average Bonchev–Trinajstić information content (AvgIpc) is 2.90. The van der Waals surface area contributed by atoms with Crippen molar-refractivity contribution in [3.8, 4) is 6.07 Å². The zero-order valence-corrected chi connectivity index (χ0v) is 21.1. The van der Waals surface area contributed by atoms with Gasteiger partial charge < -0.3 is 9.64 Å².